The molecule has 0 atom stereocenters. The van der Waals surface area contributed by atoms with Gasteiger partial charge in [0.05, 0.1) is 6.61 Å². The van der Waals surface area contributed by atoms with Crippen molar-refractivity contribution in [1.29, 1.82) is 0 Å². The predicted molar refractivity (Wildman–Crippen MR) is 111 cm³/mol. The van der Waals surface area contributed by atoms with Crippen LogP contribution >= 0.6 is 24.0 Å². The van der Waals surface area contributed by atoms with Crippen LogP contribution in [0, 0.1) is 0 Å². The lowest BCUT2D eigenvalue weighted by molar-refractivity contribution is -0.128. The monoisotopic (exact) mass is 463 g/mol. The summed E-state index contributed by atoms with van der Waals surface area (Å²) in [6, 6.07) is 5.79. The van der Waals surface area contributed by atoms with Crippen molar-refractivity contribution in [2.45, 2.75) is 20.3 Å². The molecule has 0 radical (unpaired) electrons. The number of likely N-dealkylation sites (N-methyl/N-ethyl adjacent to an activating group) is 1. The zero-order valence-electron chi connectivity index (χ0n) is 15.3. The Morgan fingerprint density at radius 1 is 1.32 bits per heavy atom. The number of pyridine rings is 1. The summed E-state index contributed by atoms with van der Waals surface area (Å²) < 4.78 is 5.27. The average molecular weight is 463 g/mol. The standard InChI is InChI=1S/C17H29N5O2.HI/c1-4-18-17(20-11-13-24-5-2)21-14-16(23)22(3)12-9-15-8-6-7-10-19-15;/h6-8,10H,4-5,9,11-14H2,1-3H3,(H2,18,20,21);1H. The number of amides is 1. The maximum Gasteiger partial charge on any atom is 0.244 e. The highest BCUT2D eigenvalue weighted by atomic mass is 127. The summed E-state index contributed by atoms with van der Waals surface area (Å²) in [5.74, 6) is 0.608. The van der Waals surface area contributed by atoms with E-state index in [4.69, 9.17) is 4.74 Å². The number of carbonyl (C=O) groups excluding carboxylic acids is 1. The van der Waals surface area contributed by atoms with Crippen LogP contribution in [0.15, 0.2) is 29.4 Å². The highest BCUT2D eigenvalue weighted by molar-refractivity contribution is 14.0. The molecular weight excluding hydrogens is 433 g/mol. The van der Waals surface area contributed by atoms with E-state index in [9.17, 15) is 4.79 Å². The summed E-state index contributed by atoms with van der Waals surface area (Å²) in [7, 11) is 1.79. The largest absolute Gasteiger partial charge is 0.380 e. The van der Waals surface area contributed by atoms with E-state index in [2.05, 4.69) is 20.6 Å². The van der Waals surface area contributed by atoms with Crippen molar-refractivity contribution < 1.29 is 9.53 Å². The van der Waals surface area contributed by atoms with Crippen LogP contribution in [0.4, 0.5) is 0 Å². The average Bonchev–Trinajstić information content (AvgIpc) is 2.61. The Bertz CT molecular complexity index is 499. The maximum atomic E-state index is 12.2. The fourth-order valence-corrected chi connectivity index (χ4v) is 1.95. The van der Waals surface area contributed by atoms with Gasteiger partial charge in [0.15, 0.2) is 5.96 Å². The predicted octanol–water partition coefficient (Wildman–Crippen LogP) is 1.29. The molecule has 1 aromatic heterocycles. The van der Waals surface area contributed by atoms with E-state index in [0.717, 1.165) is 18.7 Å². The van der Waals surface area contributed by atoms with Gasteiger partial charge in [-0.05, 0) is 26.0 Å². The lowest BCUT2D eigenvalue weighted by Crippen LogP contribution is -2.40. The Morgan fingerprint density at radius 3 is 2.76 bits per heavy atom. The van der Waals surface area contributed by atoms with E-state index in [1.165, 1.54) is 0 Å². The van der Waals surface area contributed by atoms with Gasteiger partial charge in [0, 0.05) is 51.6 Å². The van der Waals surface area contributed by atoms with Gasteiger partial charge in [0.25, 0.3) is 0 Å². The quantitative estimate of drug-likeness (QED) is 0.237. The van der Waals surface area contributed by atoms with Crippen molar-refractivity contribution in [3.05, 3.63) is 30.1 Å². The molecule has 0 aliphatic carbocycles. The van der Waals surface area contributed by atoms with Crippen LogP contribution in [0.25, 0.3) is 0 Å². The van der Waals surface area contributed by atoms with Crippen molar-refractivity contribution >= 4 is 35.8 Å². The van der Waals surface area contributed by atoms with Crippen LogP contribution in [0.3, 0.4) is 0 Å². The first-order valence-corrected chi connectivity index (χ1v) is 8.41. The Kier molecular flexibility index (Phi) is 14.0. The molecular formula is C17H30IN5O2. The molecule has 1 rings (SSSR count). The zero-order chi connectivity index (χ0) is 17.6. The molecule has 0 unspecified atom stereocenters. The van der Waals surface area contributed by atoms with Gasteiger partial charge in [-0.3, -0.25) is 9.78 Å². The molecule has 0 fully saturated rings. The first-order chi connectivity index (χ1) is 11.7. The molecule has 1 aromatic rings. The molecule has 25 heavy (non-hydrogen) atoms. The topological polar surface area (TPSA) is 78.9 Å². The highest BCUT2D eigenvalue weighted by Crippen LogP contribution is 1.97. The summed E-state index contributed by atoms with van der Waals surface area (Å²) >= 11 is 0. The molecule has 2 N–H and O–H groups in total. The summed E-state index contributed by atoms with van der Waals surface area (Å²) in [6.07, 6.45) is 2.50. The number of aliphatic imine (C=N–C) groups is 1. The smallest absolute Gasteiger partial charge is 0.244 e. The third-order valence-electron chi connectivity index (χ3n) is 3.31. The Labute approximate surface area is 167 Å². The second kappa shape index (κ2) is 14.9. The van der Waals surface area contributed by atoms with Crippen molar-refractivity contribution in [2.75, 3.05) is 46.4 Å². The second-order valence-corrected chi connectivity index (χ2v) is 5.21. The van der Waals surface area contributed by atoms with E-state index < -0.39 is 0 Å². The van der Waals surface area contributed by atoms with Crippen LogP contribution < -0.4 is 10.6 Å². The van der Waals surface area contributed by atoms with Gasteiger partial charge in [-0.25, -0.2) is 4.99 Å². The lowest BCUT2D eigenvalue weighted by atomic mass is 10.2. The number of halogens is 1. The van der Waals surface area contributed by atoms with Gasteiger partial charge in [0.1, 0.15) is 6.54 Å². The lowest BCUT2D eigenvalue weighted by Gasteiger charge is -2.16. The summed E-state index contributed by atoms with van der Waals surface area (Å²) in [5, 5.41) is 6.26. The van der Waals surface area contributed by atoms with Crippen LogP contribution in [-0.2, 0) is 16.0 Å². The Hall–Kier alpha value is -1.42. The summed E-state index contributed by atoms with van der Waals surface area (Å²) in [4.78, 5) is 22.4. The number of carbonyl (C=O) groups is 1. The van der Waals surface area contributed by atoms with Gasteiger partial charge < -0.3 is 20.3 Å². The fraction of sp³-hybridized carbons (Fsp3) is 0.588. The molecule has 142 valence electrons. The van der Waals surface area contributed by atoms with E-state index in [-0.39, 0.29) is 36.4 Å². The van der Waals surface area contributed by atoms with E-state index >= 15 is 0 Å². The van der Waals surface area contributed by atoms with Crippen LogP contribution in [0.5, 0.6) is 0 Å². The summed E-state index contributed by atoms with van der Waals surface area (Å²) in [5.41, 5.74) is 0.978. The zero-order valence-corrected chi connectivity index (χ0v) is 17.7. The van der Waals surface area contributed by atoms with Gasteiger partial charge in [-0.15, -0.1) is 24.0 Å². The van der Waals surface area contributed by atoms with Gasteiger partial charge in [-0.1, -0.05) is 6.07 Å². The molecule has 8 heteroatoms. The fourth-order valence-electron chi connectivity index (χ4n) is 1.95. The molecule has 0 saturated heterocycles. The van der Waals surface area contributed by atoms with Crippen molar-refractivity contribution in [1.82, 2.24) is 20.5 Å². The van der Waals surface area contributed by atoms with Crippen LogP contribution in [-0.4, -0.2) is 68.2 Å². The van der Waals surface area contributed by atoms with E-state index in [0.29, 0.717) is 32.3 Å². The van der Waals surface area contributed by atoms with Gasteiger partial charge >= 0.3 is 0 Å². The third-order valence-corrected chi connectivity index (χ3v) is 3.31. The number of aromatic nitrogens is 1. The number of hydrogen-bond acceptors (Lipinski definition) is 4. The van der Waals surface area contributed by atoms with Crippen molar-refractivity contribution in [2.24, 2.45) is 4.99 Å². The van der Waals surface area contributed by atoms with Gasteiger partial charge in [0.2, 0.25) is 5.91 Å². The molecule has 1 heterocycles. The van der Waals surface area contributed by atoms with Crippen molar-refractivity contribution in [3.63, 3.8) is 0 Å². The van der Waals surface area contributed by atoms with E-state index in [1.54, 1.807) is 18.1 Å². The number of ether oxygens (including phenoxy) is 1. The first kappa shape index (κ1) is 23.6. The number of hydrogen-bond donors (Lipinski definition) is 2. The molecule has 0 saturated carbocycles. The highest BCUT2D eigenvalue weighted by Gasteiger charge is 2.09. The second-order valence-electron chi connectivity index (χ2n) is 5.21. The van der Waals surface area contributed by atoms with Crippen molar-refractivity contribution in [3.8, 4) is 0 Å². The minimum absolute atomic E-state index is 0. The Morgan fingerprint density at radius 2 is 2.12 bits per heavy atom. The van der Waals surface area contributed by atoms with E-state index in [1.807, 2.05) is 32.0 Å². The first-order valence-electron chi connectivity index (χ1n) is 8.41. The molecule has 0 bridgehead atoms. The molecule has 7 nitrogen and oxygen atoms in total. The van der Waals surface area contributed by atoms with Crippen LogP contribution in [0.2, 0.25) is 0 Å². The molecule has 1 amide bonds. The third kappa shape index (κ3) is 10.9. The molecule has 0 spiro atoms. The number of nitrogens with one attached hydrogen (secondary N) is 2. The number of guanidine groups is 1. The summed E-state index contributed by atoms with van der Waals surface area (Å²) in [6.45, 7) is 7.38. The van der Waals surface area contributed by atoms with Gasteiger partial charge in [-0.2, -0.15) is 0 Å². The molecule has 0 aliphatic rings. The SMILES string of the molecule is CCNC(=NCC(=O)N(C)CCc1ccccn1)NCCOCC.I. The normalized spacial score (nSPS) is 10.8. The molecule has 0 aliphatic heterocycles. The number of nitrogens with zero attached hydrogens (tertiary/aromatic N) is 3. The minimum atomic E-state index is -0.0204. The Balaban J connectivity index is 0.00000576. The number of rotatable bonds is 10. The maximum absolute atomic E-state index is 12.2. The van der Waals surface area contributed by atoms with Crippen LogP contribution in [0.1, 0.15) is 19.5 Å². The molecule has 0 aromatic carbocycles. The minimum Gasteiger partial charge on any atom is -0.380 e.